The minimum atomic E-state index is -0.487. The zero-order valence-corrected chi connectivity index (χ0v) is 38.5. The van der Waals surface area contributed by atoms with Crippen LogP contribution in [0.25, 0.3) is 120 Å². The average molecular weight is 900 g/mol. The number of pyridine rings is 3. The Morgan fingerprint density at radius 1 is 0.282 bits per heavy atom. The van der Waals surface area contributed by atoms with Crippen molar-refractivity contribution < 1.29 is 0 Å². The van der Waals surface area contributed by atoms with Gasteiger partial charge in [0.1, 0.15) is 0 Å². The van der Waals surface area contributed by atoms with E-state index >= 15 is 0 Å². The standard InChI is InChI=1S/C68H41N3/c1-3-15-47(16-4-1)68(48-17-5-2-6-18-48)62-23-11-9-21-54(62)60-40-61-59(41-63(60)68)55-22-10-12-24-64(55)71-65(61)44-27-25-42(26-28-44)45-30-32-52-53-33-31-46(39-58(53)51-20-8-7-19-50(51)57(52)38-45)49-35-37-70-67-56(49)34-29-43-14-13-36-69-66(43)67/h1-41H. The van der Waals surface area contributed by atoms with Gasteiger partial charge in [-0.05, 0) is 136 Å². The van der Waals surface area contributed by atoms with Crippen molar-refractivity contribution >= 4 is 75.8 Å². The lowest BCUT2D eigenvalue weighted by molar-refractivity contribution is 0.769. The van der Waals surface area contributed by atoms with Gasteiger partial charge in [-0.3, -0.25) is 9.97 Å². The second-order valence-electron chi connectivity index (χ2n) is 19.0. The van der Waals surface area contributed by atoms with E-state index in [1.165, 1.54) is 76.6 Å². The number of aromatic nitrogens is 3. The molecule has 1 aliphatic rings. The van der Waals surface area contributed by atoms with Gasteiger partial charge in [-0.25, -0.2) is 4.98 Å². The Morgan fingerprint density at radius 3 is 1.62 bits per heavy atom. The molecule has 3 nitrogen and oxygen atoms in total. The number of hydrogen-bond acceptors (Lipinski definition) is 3. The second-order valence-corrected chi connectivity index (χ2v) is 19.0. The number of para-hydroxylation sites is 1. The number of hydrogen-bond donors (Lipinski definition) is 0. The summed E-state index contributed by atoms with van der Waals surface area (Å²) in [5, 5.41) is 13.1. The largest absolute Gasteiger partial charge is 0.254 e. The SMILES string of the molecule is c1ccc(C2(c3ccccc3)c3ccccc3-c3cc4c(-c5ccc(-c6ccc7c8ccc(-c9ccnc%10c9ccc9cccnc9%10)cc8c8ccccc8c7c6)cc5)nc5ccccc5c4cc32)cc1. The average Bonchev–Trinajstić information content (AvgIpc) is 3.75. The molecule has 0 saturated carbocycles. The number of nitrogens with zero attached hydrogens (tertiary/aromatic N) is 3. The summed E-state index contributed by atoms with van der Waals surface area (Å²) in [6, 6.07) is 87.0. The van der Waals surface area contributed by atoms with Gasteiger partial charge in [-0.15, -0.1) is 0 Å². The fourth-order valence-corrected chi connectivity index (χ4v) is 12.2. The summed E-state index contributed by atoms with van der Waals surface area (Å²) in [5.74, 6) is 0. The lowest BCUT2D eigenvalue weighted by Crippen LogP contribution is -2.28. The Hall–Kier alpha value is -9.31. The molecule has 0 radical (unpaired) electrons. The first kappa shape index (κ1) is 39.7. The highest BCUT2D eigenvalue weighted by molar-refractivity contribution is 6.26. The predicted octanol–water partition coefficient (Wildman–Crippen LogP) is 17.3. The van der Waals surface area contributed by atoms with Crippen LogP contribution in [-0.2, 0) is 5.41 Å². The quantitative estimate of drug-likeness (QED) is 0.162. The van der Waals surface area contributed by atoms with Crippen molar-refractivity contribution in [3.05, 3.63) is 271 Å². The summed E-state index contributed by atoms with van der Waals surface area (Å²) in [6.45, 7) is 0. The third kappa shape index (κ3) is 5.81. The molecule has 0 spiro atoms. The van der Waals surface area contributed by atoms with Gasteiger partial charge in [0.25, 0.3) is 0 Å². The van der Waals surface area contributed by atoms with Gasteiger partial charge in [-0.1, -0.05) is 194 Å². The predicted molar refractivity (Wildman–Crippen MR) is 296 cm³/mol. The van der Waals surface area contributed by atoms with Crippen molar-refractivity contribution in [2.45, 2.75) is 5.41 Å². The fraction of sp³-hybridized carbons (Fsp3) is 0.0147. The smallest absolute Gasteiger partial charge is 0.0970 e. The Balaban J connectivity index is 0.865. The molecule has 14 aromatic rings. The van der Waals surface area contributed by atoms with Crippen LogP contribution in [-0.4, -0.2) is 15.0 Å². The van der Waals surface area contributed by atoms with E-state index < -0.39 is 5.41 Å². The van der Waals surface area contributed by atoms with Crippen LogP contribution >= 0.6 is 0 Å². The molecule has 0 atom stereocenters. The summed E-state index contributed by atoms with van der Waals surface area (Å²) in [7, 11) is 0. The van der Waals surface area contributed by atoms with Crippen LogP contribution in [0.5, 0.6) is 0 Å². The molecule has 3 heterocycles. The Morgan fingerprint density at radius 2 is 0.859 bits per heavy atom. The van der Waals surface area contributed by atoms with Crippen LogP contribution in [0, 0.1) is 0 Å². The zero-order chi connectivity index (χ0) is 46.6. The van der Waals surface area contributed by atoms with Crippen molar-refractivity contribution in [3.8, 4) is 44.6 Å². The molecule has 0 amide bonds. The molecule has 15 rings (SSSR count). The van der Waals surface area contributed by atoms with E-state index in [1.807, 2.05) is 18.5 Å². The highest BCUT2D eigenvalue weighted by atomic mass is 14.7. The Labute approximate surface area is 410 Å². The maximum Gasteiger partial charge on any atom is 0.0970 e. The van der Waals surface area contributed by atoms with Gasteiger partial charge in [0.2, 0.25) is 0 Å². The van der Waals surface area contributed by atoms with Crippen LogP contribution in [0.3, 0.4) is 0 Å². The lowest BCUT2D eigenvalue weighted by Gasteiger charge is -2.34. The van der Waals surface area contributed by atoms with E-state index in [0.29, 0.717) is 0 Å². The molecule has 0 aliphatic heterocycles. The maximum atomic E-state index is 5.46. The minimum absolute atomic E-state index is 0.487. The lowest BCUT2D eigenvalue weighted by atomic mass is 9.67. The summed E-state index contributed by atoms with van der Waals surface area (Å²) < 4.78 is 0. The molecule has 0 N–H and O–H groups in total. The van der Waals surface area contributed by atoms with E-state index in [1.54, 1.807) is 0 Å². The van der Waals surface area contributed by atoms with Gasteiger partial charge in [0.05, 0.1) is 27.7 Å². The van der Waals surface area contributed by atoms with Crippen molar-refractivity contribution in [3.63, 3.8) is 0 Å². The third-order valence-electron chi connectivity index (χ3n) is 15.4. The number of fused-ring (bicyclic) bond motifs is 15. The van der Waals surface area contributed by atoms with Gasteiger partial charge in [-0.2, -0.15) is 0 Å². The number of rotatable bonds is 5. The molecule has 0 unspecified atom stereocenters. The molecular weight excluding hydrogens is 859 g/mol. The van der Waals surface area contributed by atoms with Gasteiger partial charge in [0.15, 0.2) is 0 Å². The molecule has 0 saturated heterocycles. The first-order chi connectivity index (χ1) is 35.2. The molecular formula is C68H41N3. The monoisotopic (exact) mass is 899 g/mol. The van der Waals surface area contributed by atoms with E-state index in [0.717, 1.165) is 66.0 Å². The first-order valence-electron chi connectivity index (χ1n) is 24.4. The Bertz CT molecular complexity index is 4440. The van der Waals surface area contributed by atoms with Gasteiger partial charge >= 0.3 is 0 Å². The molecule has 0 fully saturated rings. The summed E-state index contributed by atoms with van der Waals surface area (Å²) >= 11 is 0. The number of benzene rings is 11. The van der Waals surface area contributed by atoms with Crippen LogP contribution in [0.4, 0.5) is 0 Å². The van der Waals surface area contributed by atoms with Gasteiger partial charge < -0.3 is 0 Å². The normalized spacial score (nSPS) is 12.9. The molecule has 1 aliphatic carbocycles. The Kier molecular flexibility index (Phi) is 8.57. The summed E-state index contributed by atoms with van der Waals surface area (Å²) in [6.07, 6.45) is 3.76. The van der Waals surface area contributed by atoms with Crippen LogP contribution in [0.2, 0.25) is 0 Å². The van der Waals surface area contributed by atoms with Crippen LogP contribution < -0.4 is 0 Å². The van der Waals surface area contributed by atoms with E-state index in [9.17, 15) is 0 Å². The van der Waals surface area contributed by atoms with Crippen LogP contribution in [0.15, 0.2) is 249 Å². The molecule has 71 heavy (non-hydrogen) atoms. The topological polar surface area (TPSA) is 38.7 Å². The second kappa shape index (κ2) is 15.3. The van der Waals surface area contributed by atoms with Crippen molar-refractivity contribution in [1.82, 2.24) is 15.0 Å². The fourth-order valence-electron chi connectivity index (χ4n) is 12.2. The molecule has 11 aromatic carbocycles. The van der Waals surface area contributed by atoms with E-state index in [4.69, 9.17) is 15.0 Å². The van der Waals surface area contributed by atoms with Crippen molar-refractivity contribution in [2.24, 2.45) is 0 Å². The van der Waals surface area contributed by atoms with Gasteiger partial charge in [0, 0.05) is 39.5 Å². The van der Waals surface area contributed by atoms with E-state index in [2.05, 4.69) is 231 Å². The molecule has 328 valence electrons. The molecule has 3 heteroatoms. The first-order valence-corrected chi connectivity index (χ1v) is 24.4. The van der Waals surface area contributed by atoms with E-state index in [-0.39, 0.29) is 0 Å². The highest BCUT2D eigenvalue weighted by Gasteiger charge is 2.46. The van der Waals surface area contributed by atoms with Crippen molar-refractivity contribution in [1.29, 1.82) is 0 Å². The van der Waals surface area contributed by atoms with Crippen LogP contribution in [0.1, 0.15) is 22.3 Å². The minimum Gasteiger partial charge on any atom is -0.254 e. The highest BCUT2D eigenvalue weighted by Crippen LogP contribution is 2.57. The van der Waals surface area contributed by atoms with Crippen molar-refractivity contribution in [2.75, 3.05) is 0 Å². The molecule has 0 bridgehead atoms. The summed E-state index contributed by atoms with van der Waals surface area (Å²) in [5.41, 5.74) is 16.7. The third-order valence-corrected chi connectivity index (χ3v) is 15.4. The maximum absolute atomic E-state index is 5.46. The molecule has 3 aromatic heterocycles. The summed E-state index contributed by atoms with van der Waals surface area (Å²) in [4.78, 5) is 15.0. The zero-order valence-electron chi connectivity index (χ0n) is 38.5.